The maximum absolute atomic E-state index is 11.6. The first-order chi connectivity index (χ1) is 7.06. The van der Waals surface area contributed by atoms with Crippen molar-refractivity contribution in [2.75, 3.05) is 6.54 Å². The Kier molecular flexibility index (Phi) is 4.45. The van der Waals surface area contributed by atoms with E-state index in [0.29, 0.717) is 22.0 Å². The van der Waals surface area contributed by atoms with Crippen molar-refractivity contribution in [1.82, 2.24) is 4.72 Å². The summed E-state index contributed by atoms with van der Waals surface area (Å²) in [5, 5.41) is 0.389. The number of Topliss-reactive ketones (excluding diaryl/α,β-unsaturated/α-hetero) is 1. The van der Waals surface area contributed by atoms with Gasteiger partial charge in [0.15, 0.2) is 5.78 Å². The number of nitrogens with one attached hydrogen (secondary N) is 1. The highest BCUT2D eigenvalue weighted by Gasteiger charge is 2.09. The van der Waals surface area contributed by atoms with Crippen LogP contribution in [-0.2, 0) is 11.0 Å². The number of hydrogen-bond donors (Lipinski definition) is 1. The van der Waals surface area contributed by atoms with Crippen LogP contribution in [0.2, 0.25) is 5.02 Å². The molecule has 0 heterocycles. The number of halogens is 1. The second-order valence-corrected chi connectivity index (χ2v) is 4.67. The Morgan fingerprint density at radius 2 is 2.20 bits per heavy atom. The van der Waals surface area contributed by atoms with Crippen LogP contribution in [0.3, 0.4) is 0 Å². The molecule has 0 fully saturated rings. The van der Waals surface area contributed by atoms with E-state index in [1.54, 1.807) is 18.2 Å². The number of ketones is 1. The molecule has 0 aliphatic heterocycles. The lowest BCUT2D eigenvalue weighted by Gasteiger charge is -2.05. The summed E-state index contributed by atoms with van der Waals surface area (Å²) in [6, 6.07) is 4.79. The zero-order chi connectivity index (χ0) is 11.4. The van der Waals surface area contributed by atoms with Gasteiger partial charge in [0.05, 0.1) is 9.92 Å². The van der Waals surface area contributed by atoms with Crippen molar-refractivity contribution in [3.05, 3.63) is 28.8 Å². The zero-order valence-corrected chi connectivity index (χ0v) is 10.1. The van der Waals surface area contributed by atoms with Crippen molar-refractivity contribution in [1.29, 1.82) is 0 Å². The molecule has 5 heteroatoms. The Labute approximate surface area is 96.4 Å². The SMILES string of the molecule is CCNS(=O)c1ccc(Cl)c(C(C)=O)c1. The van der Waals surface area contributed by atoms with Crippen molar-refractivity contribution in [2.24, 2.45) is 0 Å². The molecule has 1 atom stereocenters. The third kappa shape index (κ3) is 3.12. The van der Waals surface area contributed by atoms with E-state index in [0.717, 1.165) is 0 Å². The van der Waals surface area contributed by atoms with Crippen LogP contribution in [0, 0.1) is 0 Å². The molecule has 0 bridgehead atoms. The molecule has 1 aromatic rings. The number of hydrogen-bond acceptors (Lipinski definition) is 2. The summed E-state index contributed by atoms with van der Waals surface area (Å²) in [7, 11) is -1.28. The predicted molar refractivity (Wildman–Crippen MR) is 61.5 cm³/mol. The summed E-state index contributed by atoms with van der Waals surface area (Å²) in [6.07, 6.45) is 0. The lowest BCUT2D eigenvalue weighted by Crippen LogP contribution is -2.16. The van der Waals surface area contributed by atoms with E-state index in [4.69, 9.17) is 11.6 Å². The van der Waals surface area contributed by atoms with E-state index >= 15 is 0 Å². The molecule has 1 aromatic carbocycles. The van der Waals surface area contributed by atoms with Gasteiger partial charge in [-0.3, -0.25) is 4.79 Å². The van der Waals surface area contributed by atoms with Gasteiger partial charge in [-0.2, -0.15) is 0 Å². The second-order valence-electron chi connectivity index (χ2n) is 2.96. The molecule has 1 N–H and O–H groups in total. The van der Waals surface area contributed by atoms with Gasteiger partial charge in [0, 0.05) is 12.1 Å². The molecule has 0 aromatic heterocycles. The summed E-state index contributed by atoms with van der Waals surface area (Å²) in [5.74, 6) is -0.129. The van der Waals surface area contributed by atoms with Crippen LogP contribution in [0.1, 0.15) is 24.2 Å². The third-order valence-corrected chi connectivity index (χ3v) is 3.37. The fourth-order valence-electron chi connectivity index (χ4n) is 1.10. The molecule has 1 unspecified atom stereocenters. The first-order valence-corrected chi connectivity index (χ1v) is 6.04. The van der Waals surface area contributed by atoms with Gasteiger partial charge < -0.3 is 0 Å². The summed E-state index contributed by atoms with van der Waals surface area (Å²) in [6.45, 7) is 3.89. The molecule has 0 aliphatic carbocycles. The van der Waals surface area contributed by atoms with Gasteiger partial charge in [-0.25, -0.2) is 8.93 Å². The average Bonchev–Trinajstić information content (AvgIpc) is 2.18. The minimum absolute atomic E-state index is 0.129. The summed E-state index contributed by atoms with van der Waals surface area (Å²) < 4.78 is 14.3. The summed E-state index contributed by atoms with van der Waals surface area (Å²) in [5.41, 5.74) is 0.403. The molecular formula is C10H12ClNO2S. The quantitative estimate of drug-likeness (QED) is 0.827. The fourth-order valence-corrected chi connectivity index (χ4v) is 2.20. The highest BCUT2D eigenvalue weighted by molar-refractivity contribution is 7.83. The second kappa shape index (κ2) is 5.39. The molecule has 0 spiro atoms. The van der Waals surface area contributed by atoms with Gasteiger partial charge in [-0.15, -0.1) is 0 Å². The van der Waals surface area contributed by atoms with E-state index in [2.05, 4.69) is 4.72 Å². The van der Waals surface area contributed by atoms with Gasteiger partial charge in [0.2, 0.25) is 0 Å². The Morgan fingerprint density at radius 1 is 1.53 bits per heavy atom. The lowest BCUT2D eigenvalue weighted by atomic mass is 10.1. The molecule has 0 amide bonds. The highest BCUT2D eigenvalue weighted by atomic mass is 35.5. The van der Waals surface area contributed by atoms with E-state index in [1.165, 1.54) is 6.92 Å². The first-order valence-electron chi connectivity index (χ1n) is 4.52. The Morgan fingerprint density at radius 3 is 2.73 bits per heavy atom. The first kappa shape index (κ1) is 12.4. The van der Waals surface area contributed by atoms with Crippen molar-refractivity contribution >= 4 is 28.4 Å². The molecule has 0 saturated heterocycles. The van der Waals surface area contributed by atoms with Crippen LogP contribution in [0.5, 0.6) is 0 Å². The predicted octanol–water partition coefficient (Wildman–Crippen LogP) is 2.17. The summed E-state index contributed by atoms with van der Waals surface area (Å²) >= 11 is 5.83. The minimum atomic E-state index is -1.28. The monoisotopic (exact) mass is 245 g/mol. The van der Waals surface area contributed by atoms with Gasteiger partial charge >= 0.3 is 0 Å². The molecule has 15 heavy (non-hydrogen) atoms. The number of rotatable bonds is 4. The average molecular weight is 246 g/mol. The van der Waals surface area contributed by atoms with Crippen LogP contribution < -0.4 is 4.72 Å². The molecule has 0 radical (unpaired) electrons. The largest absolute Gasteiger partial charge is 0.294 e. The standard InChI is InChI=1S/C10H12ClNO2S/c1-3-12-15(14)8-4-5-10(11)9(6-8)7(2)13/h4-6,12H,3H2,1-2H3. The molecular weight excluding hydrogens is 234 g/mol. The smallest absolute Gasteiger partial charge is 0.161 e. The fraction of sp³-hybridized carbons (Fsp3) is 0.300. The van der Waals surface area contributed by atoms with E-state index in [1.807, 2.05) is 6.92 Å². The van der Waals surface area contributed by atoms with Crippen LogP contribution in [-0.4, -0.2) is 16.5 Å². The van der Waals surface area contributed by atoms with Gasteiger partial charge in [0.25, 0.3) is 0 Å². The number of carbonyl (C=O) groups excluding carboxylic acids is 1. The maximum Gasteiger partial charge on any atom is 0.161 e. The molecule has 0 aliphatic rings. The van der Waals surface area contributed by atoms with E-state index in [9.17, 15) is 9.00 Å². The molecule has 1 rings (SSSR count). The van der Waals surface area contributed by atoms with Crippen LogP contribution in [0.25, 0.3) is 0 Å². The van der Waals surface area contributed by atoms with Gasteiger partial charge in [-0.05, 0) is 25.1 Å². The van der Waals surface area contributed by atoms with Crippen molar-refractivity contribution < 1.29 is 9.00 Å². The van der Waals surface area contributed by atoms with E-state index < -0.39 is 11.0 Å². The Bertz CT molecular complexity index is 406. The van der Waals surface area contributed by atoms with E-state index in [-0.39, 0.29) is 5.78 Å². The normalized spacial score (nSPS) is 12.5. The molecule has 82 valence electrons. The van der Waals surface area contributed by atoms with Crippen LogP contribution in [0.4, 0.5) is 0 Å². The van der Waals surface area contributed by atoms with Crippen LogP contribution >= 0.6 is 11.6 Å². The molecule has 3 nitrogen and oxygen atoms in total. The lowest BCUT2D eigenvalue weighted by molar-refractivity contribution is 0.101. The summed E-state index contributed by atoms with van der Waals surface area (Å²) in [4.78, 5) is 11.8. The van der Waals surface area contributed by atoms with Gasteiger partial charge in [0.1, 0.15) is 11.0 Å². The Balaban J connectivity index is 3.07. The zero-order valence-electron chi connectivity index (χ0n) is 8.54. The van der Waals surface area contributed by atoms with Crippen molar-refractivity contribution in [2.45, 2.75) is 18.7 Å². The van der Waals surface area contributed by atoms with Crippen molar-refractivity contribution in [3.63, 3.8) is 0 Å². The molecule has 0 saturated carbocycles. The Hall–Kier alpha value is -0.710. The number of benzene rings is 1. The maximum atomic E-state index is 11.6. The van der Waals surface area contributed by atoms with Crippen molar-refractivity contribution in [3.8, 4) is 0 Å². The topological polar surface area (TPSA) is 46.2 Å². The van der Waals surface area contributed by atoms with Gasteiger partial charge in [-0.1, -0.05) is 18.5 Å². The number of carbonyl (C=O) groups is 1. The highest BCUT2D eigenvalue weighted by Crippen LogP contribution is 2.19. The minimum Gasteiger partial charge on any atom is -0.294 e. The van der Waals surface area contributed by atoms with Crippen LogP contribution in [0.15, 0.2) is 23.1 Å². The third-order valence-electron chi connectivity index (χ3n) is 1.81.